The Morgan fingerprint density at radius 1 is 1.22 bits per heavy atom. The second kappa shape index (κ2) is 8.69. The van der Waals surface area contributed by atoms with Crippen LogP contribution in [0.3, 0.4) is 0 Å². The quantitative estimate of drug-likeness (QED) is 0.404. The van der Waals surface area contributed by atoms with Crippen LogP contribution in [0.25, 0.3) is 0 Å². The Kier molecular flexibility index (Phi) is 6.19. The molecule has 0 fully saturated rings. The minimum absolute atomic E-state index is 0.00212. The zero-order valence-corrected chi connectivity index (χ0v) is 17.0. The van der Waals surface area contributed by atoms with Gasteiger partial charge in [0.2, 0.25) is 0 Å². The van der Waals surface area contributed by atoms with Crippen LogP contribution in [0.4, 0.5) is 29.3 Å². The van der Waals surface area contributed by atoms with Crippen LogP contribution in [0.2, 0.25) is 0 Å². The Balaban J connectivity index is 2.12. The first kappa shape index (κ1) is 22.8. The monoisotopic (exact) mass is 449 g/mol. The molecule has 168 valence electrons. The highest BCUT2D eigenvalue weighted by Gasteiger charge is 2.38. The number of amides is 2. The van der Waals surface area contributed by atoms with Crippen molar-refractivity contribution in [2.75, 3.05) is 11.5 Å². The zero-order valence-electron chi connectivity index (χ0n) is 17.0. The van der Waals surface area contributed by atoms with Gasteiger partial charge in [-0.2, -0.15) is 13.2 Å². The van der Waals surface area contributed by atoms with Crippen molar-refractivity contribution in [2.45, 2.75) is 26.1 Å². The van der Waals surface area contributed by atoms with Gasteiger partial charge in [-0.15, -0.1) is 0 Å². The Morgan fingerprint density at radius 2 is 1.88 bits per heavy atom. The van der Waals surface area contributed by atoms with Crippen LogP contribution in [0.5, 0.6) is 0 Å². The minimum Gasteiger partial charge on any atom is -0.463 e. The normalized spacial score (nSPS) is 16.6. The van der Waals surface area contributed by atoms with Gasteiger partial charge >= 0.3 is 18.2 Å². The van der Waals surface area contributed by atoms with Crippen molar-refractivity contribution in [3.63, 3.8) is 0 Å². The molecule has 0 bridgehead atoms. The third kappa shape index (κ3) is 4.41. The van der Waals surface area contributed by atoms with E-state index in [1.807, 2.05) is 0 Å². The van der Waals surface area contributed by atoms with Gasteiger partial charge in [0.15, 0.2) is 0 Å². The summed E-state index contributed by atoms with van der Waals surface area (Å²) in [5.74, 6) is -0.773. The number of nitrogens with one attached hydrogen (secondary N) is 1. The molecule has 1 aliphatic rings. The van der Waals surface area contributed by atoms with Gasteiger partial charge in [0, 0.05) is 17.8 Å². The number of hydrogen-bond acceptors (Lipinski definition) is 5. The maximum absolute atomic E-state index is 13.2. The first-order valence-electron chi connectivity index (χ1n) is 9.44. The maximum atomic E-state index is 13.2. The summed E-state index contributed by atoms with van der Waals surface area (Å²) in [5, 5.41) is 13.5. The number of carbonyl (C=O) groups is 2. The Bertz CT molecular complexity index is 1100. The minimum atomic E-state index is -4.62. The van der Waals surface area contributed by atoms with E-state index in [-0.39, 0.29) is 29.3 Å². The predicted octanol–water partition coefficient (Wildman–Crippen LogP) is 4.72. The van der Waals surface area contributed by atoms with Crippen LogP contribution in [0, 0.1) is 10.1 Å². The number of nitrogens with zero attached hydrogens (tertiary/aromatic N) is 2. The summed E-state index contributed by atoms with van der Waals surface area (Å²) in [5.41, 5.74) is -0.771. The molecular formula is C21H18F3N3O5. The van der Waals surface area contributed by atoms with Crippen molar-refractivity contribution in [3.8, 4) is 0 Å². The van der Waals surface area contributed by atoms with E-state index in [1.54, 1.807) is 6.92 Å². The molecule has 0 saturated carbocycles. The highest BCUT2D eigenvalue weighted by atomic mass is 19.4. The van der Waals surface area contributed by atoms with E-state index in [4.69, 9.17) is 4.74 Å². The molecule has 0 aromatic heterocycles. The molecule has 2 aromatic rings. The maximum Gasteiger partial charge on any atom is 0.416 e. The number of nitro benzene ring substituents is 1. The fraction of sp³-hybridized carbons (Fsp3) is 0.238. The third-order valence-electron chi connectivity index (χ3n) is 4.85. The van der Waals surface area contributed by atoms with Crippen LogP contribution in [0.1, 0.15) is 31.0 Å². The van der Waals surface area contributed by atoms with E-state index >= 15 is 0 Å². The summed E-state index contributed by atoms with van der Waals surface area (Å²) >= 11 is 0. The zero-order chi connectivity index (χ0) is 23.6. The Hall–Kier alpha value is -3.89. The van der Waals surface area contributed by atoms with Crippen LogP contribution in [-0.2, 0) is 15.7 Å². The number of halogens is 3. The van der Waals surface area contributed by atoms with Crippen molar-refractivity contribution < 1.29 is 32.4 Å². The number of benzene rings is 2. The fourth-order valence-corrected chi connectivity index (χ4v) is 3.39. The van der Waals surface area contributed by atoms with E-state index in [2.05, 4.69) is 5.32 Å². The molecule has 32 heavy (non-hydrogen) atoms. The summed E-state index contributed by atoms with van der Waals surface area (Å²) in [4.78, 5) is 36.9. The van der Waals surface area contributed by atoms with Gasteiger partial charge in [-0.3, -0.25) is 15.0 Å². The molecule has 0 spiro atoms. The molecule has 3 rings (SSSR count). The van der Waals surface area contributed by atoms with Gasteiger partial charge in [-0.25, -0.2) is 9.59 Å². The van der Waals surface area contributed by atoms with Gasteiger partial charge in [0.25, 0.3) is 5.69 Å². The second-order valence-electron chi connectivity index (χ2n) is 6.83. The molecule has 1 N–H and O–H groups in total. The lowest BCUT2D eigenvalue weighted by atomic mass is 9.94. The number of ether oxygens (including phenoxy) is 1. The summed E-state index contributed by atoms with van der Waals surface area (Å²) in [6.45, 7) is 3.03. The molecule has 8 nitrogen and oxygen atoms in total. The number of hydrogen-bond donors (Lipinski definition) is 1. The summed E-state index contributed by atoms with van der Waals surface area (Å²) in [6.07, 6.45) is -4.62. The van der Waals surface area contributed by atoms with Gasteiger partial charge in [0.05, 0.1) is 34.4 Å². The predicted molar refractivity (Wildman–Crippen MR) is 108 cm³/mol. The number of non-ortho nitro benzene ring substituents is 1. The molecule has 1 unspecified atom stereocenters. The lowest BCUT2D eigenvalue weighted by molar-refractivity contribution is -0.384. The van der Waals surface area contributed by atoms with Crippen molar-refractivity contribution in [1.82, 2.24) is 5.32 Å². The van der Waals surface area contributed by atoms with Crippen LogP contribution in [0.15, 0.2) is 59.8 Å². The highest BCUT2D eigenvalue weighted by molar-refractivity contribution is 6.03. The molecular weight excluding hydrogens is 431 g/mol. The number of nitro groups is 1. The fourth-order valence-electron chi connectivity index (χ4n) is 3.39. The topological polar surface area (TPSA) is 102 Å². The summed E-state index contributed by atoms with van der Waals surface area (Å²) in [6, 6.07) is 7.58. The number of rotatable bonds is 5. The average Bonchev–Trinajstić information content (AvgIpc) is 2.73. The molecule has 0 aliphatic carbocycles. The van der Waals surface area contributed by atoms with E-state index in [9.17, 15) is 32.9 Å². The molecule has 0 radical (unpaired) electrons. The summed E-state index contributed by atoms with van der Waals surface area (Å²) < 4.78 is 44.6. The summed E-state index contributed by atoms with van der Waals surface area (Å²) in [7, 11) is 0. The number of alkyl halides is 3. The Morgan fingerprint density at radius 3 is 2.44 bits per heavy atom. The molecule has 1 heterocycles. The molecule has 11 heteroatoms. The van der Waals surface area contributed by atoms with Crippen LogP contribution >= 0.6 is 0 Å². The molecule has 2 aromatic carbocycles. The molecule has 1 aliphatic heterocycles. The van der Waals surface area contributed by atoms with E-state index in [0.717, 1.165) is 23.1 Å². The number of esters is 1. The van der Waals surface area contributed by atoms with Crippen molar-refractivity contribution >= 4 is 23.4 Å². The first-order chi connectivity index (χ1) is 15.0. The lowest BCUT2D eigenvalue weighted by Gasteiger charge is -2.35. The van der Waals surface area contributed by atoms with Crippen LogP contribution in [-0.4, -0.2) is 23.5 Å². The number of urea groups is 1. The van der Waals surface area contributed by atoms with E-state index in [0.29, 0.717) is 5.56 Å². The largest absolute Gasteiger partial charge is 0.463 e. The molecule has 0 saturated heterocycles. The van der Waals surface area contributed by atoms with Gasteiger partial charge in [0.1, 0.15) is 0 Å². The number of carbonyl (C=O) groups excluding carboxylic acids is 2. The molecule has 2 amide bonds. The average molecular weight is 449 g/mol. The third-order valence-corrected chi connectivity index (χ3v) is 4.85. The Labute approximate surface area is 180 Å². The van der Waals surface area contributed by atoms with Gasteiger partial charge in [-0.05, 0) is 49.7 Å². The smallest absolute Gasteiger partial charge is 0.416 e. The lowest BCUT2D eigenvalue weighted by Crippen LogP contribution is -2.48. The van der Waals surface area contributed by atoms with Crippen molar-refractivity contribution in [2.24, 2.45) is 0 Å². The number of anilines is 1. The van der Waals surface area contributed by atoms with Gasteiger partial charge < -0.3 is 10.1 Å². The van der Waals surface area contributed by atoms with Crippen molar-refractivity contribution in [3.05, 3.63) is 81.0 Å². The standard InChI is InChI=1S/C21H18F3N3O5/c1-3-32-19(28)17-12(2)26(16-6-4-5-14(11-16)21(22,23)24)20(29)25-18(17)13-7-9-15(10-8-13)27(30)31/h4-11,18H,3H2,1-2H3,(H,25,29). The highest BCUT2D eigenvalue weighted by Crippen LogP contribution is 2.37. The van der Waals surface area contributed by atoms with Crippen LogP contribution < -0.4 is 10.2 Å². The van der Waals surface area contributed by atoms with E-state index in [1.165, 1.54) is 37.3 Å². The first-order valence-corrected chi connectivity index (χ1v) is 9.44. The number of allylic oxidation sites excluding steroid dienone is 1. The van der Waals surface area contributed by atoms with Crippen molar-refractivity contribution in [1.29, 1.82) is 0 Å². The van der Waals surface area contributed by atoms with E-state index < -0.39 is 34.7 Å². The second-order valence-corrected chi connectivity index (χ2v) is 6.83. The molecule has 1 atom stereocenters. The SMILES string of the molecule is CCOC(=O)C1=C(C)N(c2cccc(C(F)(F)F)c2)C(=O)NC1c1ccc([N+](=O)[O-])cc1. The van der Waals surface area contributed by atoms with Gasteiger partial charge in [-0.1, -0.05) is 6.07 Å².